The summed E-state index contributed by atoms with van der Waals surface area (Å²) in [7, 11) is 0. The maximum Gasteiger partial charge on any atom is 0.209 e. The first-order valence-electron chi connectivity index (χ1n) is 3.42. The zero-order valence-corrected chi connectivity index (χ0v) is 5.93. The fourth-order valence-electron chi connectivity index (χ4n) is 1.08. The third kappa shape index (κ3) is 1.89. The van der Waals surface area contributed by atoms with Crippen molar-refractivity contribution >= 4 is 6.41 Å². The Kier molecular flexibility index (Phi) is 2.81. The molecule has 64 valence electrons. The number of aliphatic hydroxyl groups is 2. The van der Waals surface area contributed by atoms with E-state index in [0.29, 0.717) is 12.8 Å². The lowest BCUT2D eigenvalue weighted by Crippen LogP contribution is -2.28. The van der Waals surface area contributed by atoms with Gasteiger partial charge in [0.05, 0.1) is 12.7 Å². The van der Waals surface area contributed by atoms with E-state index in [1.807, 2.05) is 0 Å². The number of ether oxygens (including phenoxy) is 1. The van der Waals surface area contributed by atoms with Crippen LogP contribution in [0.25, 0.3) is 0 Å². The number of rotatable bonds is 3. The van der Waals surface area contributed by atoms with Gasteiger partial charge in [-0.05, 0) is 0 Å². The minimum absolute atomic E-state index is 0.224. The average Bonchev–Trinajstić information content (AvgIpc) is 2.32. The first-order valence-corrected chi connectivity index (χ1v) is 3.42. The zero-order valence-electron chi connectivity index (χ0n) is 5.93. The van der Waals surface area contributed by atoms with Crippen LogP contribution in [0.3, 0.4) is 0 Å². The van der Waals surface area contributed by atoms with Gasteiger partial charge < -0.3 is 20.3 Å². The second-order valence-corrected chi connectivity index (χ2v) is 2.43. The molecule has 1 rings (SSSR count). The Morgan fingerprint density at radius 3 is 2.91 bits per heavy atom. The lowest BCUT2D eigenvalue weighted by Gasteiger charge is -2.10. The molecule has 0 bridgehead atoms. The Balaban J connectivity index is 2.36. The van der Waals surface area contributed by atoms with Crippen molar-refractivity contribution < 1.29 is 19.7 Å². The molecule has 0 aromatic heterocycles. The van der Waals surface area contributed by atoms with Crippen LogP contribution >= 0.6 is 0 Å². The number of nitrogens with one attached hydrogen (secondary N) is 1. The van der Waals surface area contributed by atoms with E-state index in [0.717, 1.165) is 0 Å². The van der Waals surface area contributed by atoms with Crippen molar-refractivity contribution in [1.82, 2.24) is 5.32 Å². The third-order valence-electron chi connectivity index (χ3n) is 1.66. The summed E-state index contributed by atoms with van der Waals surface area (Å²) < 4.78 is 5.02. The van der Waals surface area contributed by atoms with Gasteiger partial charge in [0.25, 0.3) is 0 Å². The average molecular weight is 161 g/mol. The standard InChI is InChI=1S/C6H11NO4/c8-2-5-4(10)1-6(11-5)7-3-9/h3-6,8,10H,1-2H2,(H,7,9)/t4-,5+,6-/m0/s1. The largest absolute Gasteiger partial charge is 0.394 e. The van der Waals surface area contributed by atoms with E-state index in [2.05, 4.69) is 5.32 Å². The molecule has 1 aliphatic rings. The maximum atomic E-state index is 9.93. The lowest BCUT2D eigenvalue weighted by molar-refractivity contribution is -0.114. The molecule has 1 saturated heterocycles. The Hall–Kier alpha value is -0.650. The summed E-state index contributed by atoms with van der Waals surface area (Å²) in [4.78, 5) is 9.93. The molecular weight excluding hydrogens is 150 g/mol. The molecule has 0 spiro atoms. The van der Waals surface area contributed by atoms with Crippen molar-refractivity contribution in [3.05, 3.63) is 0 Å². The minimum Gasteiger partial charge on any atom is -0.394 e. The van der Waals surface area contributed by atoms with Gasteiger partial charge in [-0.1, -0.05) is 0 Å². The quantitative estimate of drug-likeness (QED) is 0.427. The molecule has 0 aromatic rings. The third-order valence-corrected chi connectivity index (χ3v) is 1.66. The predicted octanol–water partition coefficient (Wildman–Crippen LogP) is -1.80. The SMILES string of the molecule is O=CN[C@@H]1C[C@H](O)[C@@H](CO)O1. The van der Waals surface area contributed by atoms with E-state index in [1.54, 1.807) is 0 Å². The van der Waals surface area contributed by atoms with Gasteiger partial charge in [0.1, 0.15) is 12.3 Å². The fraction of sp³-hybridized carbons (Fsp3) is 0.833. The molecule has 3 atom stereocenters. The summed E-state index contributed by atoms with van der Waals surface area (Å²) in [6.07, 6.45) is -0.856. The second kappa shape index (κ2) is 3.66. The first kappa shape index (κ1) is 8.45. The lowest BCUT2D eigenvalue weighted by atomic mass is 10.2. The summed E-state index contributed by atoms with van der Waals surface area (Å²) in [6, 6.07) is 0. The van der Waals surface area contributed by atoms with Gasteiger partial charge in [0.2, 0.25) is 6.41 Å². The predicted molar refractivity (Wildman–Crippen MR) is 35.6 cm³/mol. The van der Waals surface area contributed by atoms with Crippen LogP contribution in [0.15, 0.2) is 0 Å². The van der Waals surface area contributed by atoms with Gasteiger partial charge in [-0.25, -0.2) is 0 Å². The van der Waals surface area contributed by atoms with Crippen LogP contribution in [-0.2, 0) is 9.53 Å². The van der Waals surface area contributed by atoms with E-state index in [-0.39, 0.29) is 6.61 Å². The Bertz CT molecular complexity index is 141. The van der Waals surface area contributed by atoms with Crippen LogP contribution in [0.1, 0.15) is 6.42 Å². The molecule has 1 amide bonds. The first-order chi connectivity index (χ1) is 5.27. The number of amides is 1. The van der Waals surface area contributed by atoms with Gasteiger partial charge >= 0.3 is 0 Å². The smallest absolute Gasteiger partial charge is 0.209 e. The van der Waals surface area contributed by atoms with Crippen molar-refractivity contribution in [2.45, 2.75) is 24.9 Å². The maximum absolute atomic E-state index is 9.93. The molecule has 5 heteroatoms. The molecule has 0 aliphatic carbocycles. The van der Waals surface area contributed by atoms with Crippen LogP contribution < -0.4 is 5.32 Å². The Morgan fingerprint density at radius 2 is 2.45 bits per heavy atom. The van der Waals surface area contributed by atoms with Gasteiger partial charge in [-0.3, -0.25) is 4.79 Å². The van der Waals surface area contributed by atoms with Gasteiger partial charge in [0, 0.05) is 6.42 Å². The molecule has 0 saturated carbocycles. The highest BCUT2D eigenvalue weighted by atomic mass is 16.5. The number of carbonyl (C=O) groups excluding carboxylic acids is 1. The molecular formula is C6H11NO4. The zero-order chi connectivity index (χ0) is 8.27. The number of hydrogen-bond acceptors (Lipinski definition) is 4. The summed E-state index contributed by atoms with van der Waals surface area (Å²) in [6.45, 7) is -0.224. The van der Waals surface area contributed by atoms with Gasteiger partial charge in [0.15, 0.2) is 0 Å². The Morgan fingerprint density at radius 1 is 1.73 bits per heavy atom. The number of hydrogen-bond donors (Lipinski definition) is 3. The molecule has 1 fully saturated rings. The highest BCUT2D eigenvalue weighted by molar-refractivity contribution is 5.46. The highest BCUT2D eigenvalue weighted by Gasteiger charge is 2.32. The van der Waals surface area contributed by atoms with Crippen LogP contribution in [-0.4, -0.2) is 41.7 Å². The summed E-state index contributed by atoms with van der Waals surface area (Å²) in [5, 5.41) is 20.1. The van der Waals surface area contributed by atoms with Crippen molar-refractivity contribution in [2.75, 3.05) is 6.61 Å². The molecule has 11 heavy (non-hydrogen) atoms. The number of aliphatic hydroxyl groups excluding tert-OH is 2. The molecule has 5 nitrogen and oxygen atoms in total. The molecule has 1 aliphatic heterocycles. The van der Waals surface area contributed by atoms with Crippen LogP contribution in [0.4, 0.5) is 0 Å². The molecule has 1 heterocycles. The topological polar surface area (TPSA) is 78.8 Å². The van der Waals surface area contributed by atoms with Crippen molar-refractivity contribution in [2.24, 2.45) is 0 Å². The molecule has 3 N–H and O–H groups in total. The summed E-state index contributed by atoms with van der Waals surface area (Å²) in [5.74, 6) is 0. The van der Waals surface area contributed by atoms with E-state index >= 15 is 0 Å². The number of carbonyl (C=O) groups is 1. The van der Waals surface area contributed by atoms with Crippen molar-refractivity contribution in [3.8, 4) is 0 Å². The second-order valence-electron chi connectivity index (χ2n) is 2.43. The highest BCUT2D eigenvalue weighted by Crippen LogP contribution is 2.17. The summed E-state index contributed by atoms with van der Waals surface area (Å²) >= 11 is 0. The van der Waals surface area contributed by atoms with Crippen LogP contribution in [0.5, 0.6) is 0 Å². The molecule has 0 radical (unpaired) electrons. The molecule has 0 aromatic carbocycles. The van der Waals surface area contributed by atoms with Crippen LogP contribution in [0.2, 0.25) is 0 Å². The summed E-state index contributed by atoms with van der Waals surface area (Å²) in [5.41, 5.74) is 0. The molecule has 0 unspecified atom stereocenters. The van der Waals surface area contributed by atoms with E-state index in [4.69, 9.17) is 14.9 Å². The van der Waals surface area contributed by atoms with Crippen LogP contribution in [0, 0.1) is 0 Å². The van der Waals surface area contributed by atoms with E-state index in [9.17, 15) is 4.79 Å². The minimum atomic E-state index is -0.683. The van der Waals surface area contributed by atoms with E-state index < -0.39 is 18.4 Å². The Labute approximate surface area is 64.0 Å². The van der Waals surface area contributed by atoms with E-state index in [1.165, 1.54) is 0 Å². The normalized spacial score (nSPS) is 37.1. The van der Waals surface area contributed by atoms with Crippen molar-refractivity contribution in [1.29, 1.82) is 0 Å². The van der Waals surface area contributed by atoms with Gasteiger partial charge in [-0.2, -0.15) is 0 Å². The van der Waals surface area contributed by atoms with Crippen molar-refractivity contribution in [3.63, 3.8) is 0 Å². The monoisotopic (exact) mass is 161 g/mol. The van der Waals surface area contributed by atoms with Gasteiger partial charge in [-0.15, -0.1) is 0 Å². The fourth-order valence-corrected chi connectivity index (χ4v) is 1.08.